The van der Waals surface area contributed by atoms with Crippen molar-refractivity contribution >= 4 is 44.6 Å². The zero-order chi connectivity index (χ0) is 18.0. The first-order chi connectivity index (χ1) is 12.0. The number of rotatable bonds is 4. The van der Waals surface area contributed by atoms with Crippen molar-refractivity contribution in [2.24, 2.45) is 11.0 Å². The van der Waals surface area contributed by atoms with Crippen LogP contribution in [0.25, 0.3) is 10.1 Å². The molecule has 1 heterocycles. The normalized spacial score (nSPS) is 12.0. The Kier molecular flexibility index (Phi) is 5.21. The van der Waals surface area contributed by atoms with E-state index in [2.05, 4.69) is 10.5 Å². The molecule has 3 nitrogen and oxygen atoms in total. The van der Waals surface area contributed by atoms with Gasteiger partial charge in [-0.05, 0) is 30.0 Å². The summed E-state index contributed by atoms with van der Waals surface area (Å²) >= 11 is 7.79. The van der Waals surface area contributed by atoms with Gasteiger partial charge in [0.05, 0.1) is 10.7 Å². The maximum Gasteiger partial charge on any atom is 0.283 e. The van der Waals surface area contributed by atoms with Gasteiger partial charge in [-0.3, -0.25) is 4.79 Å². The van der Waals surface area contributed by atoms with Gasteiger partial charge in [-0.2, -0.15) is 5.10 Å². The number of benzene rings is 2. The second kappa shape index (κ2) is 7.38. The Morgan fingerprint density at radius 3 is 2.56 bits per heavy atom. The second-order valence-corrected chi connectivity index (χ2v) is 7.63. The molecule has 0 bridgehead atoms. The number of hydrogen-bond acceptors (Lipinski definition) is 3. The number of halogens is 1. The lowest BCUT2D eigenvalue weighted by Crippen LogP contribution is -2.21. The van der Waals surface area contributed by atoms with Crippen LogP contribution >= 0.6 is 22.9 Å². The monoisotopic (exact) mass is 370 g/mol. The van der Waals surface area contributed by atoms with Crippen LogP contribution < -0.4 is 5.43 Å². The number of carbonyl (C=O) groups is 1. The van der Waals surface area contributed by atoms with Crippen molar-refractivity contribution in [2.45, 2.75) is 20.8 Å². The van der Waals surface area contributed by atoms with Gasteiger partial charge in [0.1, 0.15) is 4.88 Å². The first-order valence-corrected chi connectivity index (χ1v) is 9.29. The molecule has 0 saturated carbocycles. The molecular weight excluding hydrogens is 352 g/mol. The van der Waals surface area contributed by atoms with Crippen LogP contribution in [0.3, 0.4) is 0 Å². The van der Waals surface area contributed by atoms with Gasteiger partial charge in [-0.25, -0.2) is 5.43 Å². The Hall–Kier alpha value is -2.17. The van der Waals surface area contributed by atoms with E-state index in [1.54, 1.807) is 0 Å². The molecule has 0 unspecified atom stereocenters. The Labute approximate surface area is 156 Å². The molecule has 0 radical (unpaired) electrons. The van der Waals surface area contributed by atoms with Crippen molar-refractivity contribution in [3.63, 3.8) is 0 Å². The van der Waals surface area contributed by atoms with Crippen LogP contribution in [0.2, 0.25) is 5.02 Å². The Bertz CT molecular complexity index is 945. The second-order valence-electron chi connectivity index (χ2n) is 6.20. The van der Waals surface area contributed by atoms with Crippen LogP contribution in [-0.2, 0) is 0 Å². The average Bonchev–Trinajstić information content (AvgIpc) is 2.91. The largest absolute Gasteiger partial charge is 0.283 e. The molecule has 1 amide bonds. The molecule has 0 aliphatic rings. The summed E-state index contributed by atoms with van der Waals surface area (Å²) in [6.07, 6.45) is 0. The highest BCUT2D eigenvalue weighted by Gasteiger charge is 2.17. The molecule has 0 aliphatic carbocycles. The van der Waals surface area contributed by atoms with E-state index in [9.17, 15) is 4.79 Å². The fraction of sp³-hybridized carbons (Fsp3) is 0.200. The predicted molar refractivity (Wildman–Crippen MR) is 107 cm³/mol. The van der Waals surface area contributed by atoms with Gasteiger partial charge in [-0.15, -0.1) is 11.3 Å². The minimum atomic E-state index is -0.280. The molecule has 1 aromatic heterocycles. The van der Waals surface area contributed by atoms with Crippen LogP contribution in [0.1, 0.15) is 34.6 Å². The molecule has 2 aromatic carbocycles. The smallest absolute Gasteiger partial charge is 0.266 e. The SMILES string of the molecule is Cc1ccc2c(Cl)c(C(=O)NN=C(c3ccccc3)C(C)C)sc2c1. The summed E-state index contributed by atoms with van der Waals surface area (Å²) in [5.41, 5.74) is 5.64. The summed E-state index contributed by atoms with van der Waals surface area (Å²) in [6.45, 7) is 6.12. The molecule has 25 heavy (non-hydrogen) atoms. The third-order valence-electron chi connectivity index (χ3n) is 3.89. The number of aryl methyl sites for hydroxylation is 1. The number of amides is 1. The summed E-state index contributed by atoms with van der Waals surface area (Å²) < 4.78 is 1.01. The lowest BCUT2D eigenvalue weighted by atomic mass is 10.0. The van der Waals surface area contributed by atoms with E-state index in [4.69, 9.17) is 11.6 Å². The van der Waals surface area contributed by atoms with E-state index in [-0.39, 0.29) is 11.8 Å². The number of fused-ring (bicyclic) bond motifs is 1. The Morgan fingerprint density at radius 1 is 1.16 bits per heavy atom. The van der Waals surface area contributed by atoms with E-state index in [0.717, 1.165) is 26.9 Å². The van der Waals surface area contributed by atoms with Crippen LogP contribution in [0.5, 0.6) is 0 Å². The molecule has 0 aliphatic heterocycles. The van der Waals surface area contributed by atoms with Crippen molar-refractivity contribution in [3.05, 3.63) is 69.6 Å². The highest BCUT2D eigenvalue weighted by atomic mass is 35.5. The van der Waals surface area contributed by atoms with Gasteiger partial charge in [0.2, 0.25) is 0 Å². The average molecular weight is 371 g/mol. The van der Waals surface area contributed by atoms with Gasteiger partial charge >= 0.3 is 0 Å². The Morgan fingerprint density at radius 2 is 1.88 bits per heavy atom. The van der Waals surface area contributed by atoms with Gasteiger partial charge in [-0.1, -0.05) is 67.9 Å². The zero-order valence-corrected chi connectivity index (χ0v) is 15.9. The summed E-state index contributed by atoms with van der Waals surface area (Å²) in [6, 6.07) is 15.8. The zero-order valence-electron chi connectivity index (χ0n) is 14.3. The molecule has 128 valence electrons. The molecule has 3 aromatic rings. The molecule has 0 saturated heterocycles. The molecule has 3 rings (SSSR count). The van der Waals surface area contributed by atoms with Crippen LogP contribution in [0, 0.1) is 12.8 Å². The summed E-state index contributed by atoms with van der Waals surface area (Å²) in [4.78, 5) is 13.1. The van der Waals surface area contributed by atoms with Crippen LogP contribution in [-0.4, -0.2) is 11.6 Å². The van der Waals surface area contributed by atoms with E-state index >= 15 is 0 Å². The van der Waals surface area contributed by atoms with E-state index in [1.807, 2.05) is 69.3 Å². The molecule has 5 heteroatoms. The molecule has 0 fully saturated rings. The first kappa shape index (κ1) is 17.6. The first-order valence-electron chi connectivity index (χ1n) is 8.09. The van der Waals surface area contributed by atoms with Crippen molar-refractivity contribution in [1.82, 2.24) is 5.43 Å². The fourth-order valence-corrected chi connectivity index (χ4v) is 4.12. The predicted octanol–water partition coefficient (Wildman–Crippen LogP) is 5.65. The number of nitrogens with one attached hydrogen (secondary N) is 1. The van der Waals surface area contributed by atoms with Crippen LogP contribution in [0.4, 0.5) is 0 Å². The van der Waals surface area contributed by atoms with Gasteiger partial charge in [0, 0.05) is 10.1 Å². The van der Waals surface area contributed by atoms with Gasteiger partial charge < -0.3 is 0 Å². The maximum atomic E-state index is 12.6. The summed E-state index contributed by atoms with van der Waals surface area (Å²) in [7, 11) is 0. The quantitative estimate of drug-likeness (QED) is 0.467. The van der Waals surface area contributed by atoms with Crippen molar-refractivity contribution in [3.8, 4) is 0 Å². The molecule has 0 atom stereocenters. The van der Waals surface area contributed by atoms with E-state index in [0.29, 0.717) is 9.90 Å². The van der Waals surface area contributed by atoms with E-state index < -0.39 is 0 Å². The summed E-state index contributed by atoms with van der Waals surface area (Å²) in [5.74, 6) is -0.0961. The van der Waals surface area contributed by atoms with Crippen molar-refractivity contribution in [2.75, 3.05) is 0 Å². The third kappa shape index (κ3) is 3.75. The minimum Gasteiger partial charge on any atom is -0.266 e. The number of thiophene rings is 1. The van der Waals surface area contributed by atoms with Crippen molar-refractivity contribution < 1.29 is 4.79 Å². The van der Waals surface area contributed by atoms with Gasteiger partial charge in [0.15, 0.2) is 0 Å². The topological polar surface area (TPSA) is 41.5 Å². The number of hydrogen-bond donors (Lipinski definition) is 1. The fourth-order valence-electron chi connectivity index (χ4n) is 2.62. The summed E-state index contributed by atoms with van der Waals surface area (Å²) in [5, 5.41) is 5.75. The molecular formula is C20H19ClN2OS. The lowest BCUT2D eigenvalue weighted by Gasteiger charge is -2.10. The van der Waals surface area contributed by atoms with Crippen molar-refractivity contribution in [1.29, 1.82) is 0 Å². The minimum absolute atomic E-state index is 0.184. The highest BCUT2D eigenvalue weighted by molar-refractivity contribution is 7.21. The number of hydrazone groups is 1. The number of carbonyl (C=O) groups excluding carboxylic acids is 1. The maximum absolute atomic E-state index is 12.6. The third-order valence-corrected chi connectivity index (χ3v) is 5.54. The lowest BCUT2D eigenvalue weighted by molar-refractivity contribution is 0.0959. The number of nitrogens with zero attached hydrogens (tertiary/aromatic N) is 1. The Balaban J connectivity index is 1.90. The van der Waals surface area contributed by atoms with Gasteiger partial charge in [0.25, 0.3) is 5.91 Å². The molecule has 1 N–H and O–H groups in total. The van der Waals surface area contributed by atoms with Crippen LogP contribution in [0.15, 0.2) is 53.6 Å². The van der Waals surface area contributed by atoms with E-state index in [1.165, 1.54) is 11.3 Å². The molecule has 0 spiro atoms. The standard InChI is InChI=1S/C20H19ClN2OS/c1-12(2)18(14-7-5-4-6-8-14)22-23-20(24)19-17(21)15-10-9-13(3)11-16(15)25-19/h4-12H,1-3H3,(H,23,24). The highest BCUT2D eigenvalue weighted by Crippen LogP contribution is 2.35.